The van der Waals surface area contributed by atoms with Crippen LogP contribution >= 0.6 is 0 Å². The van der Waals surface area contributed by atoms with Crippen molar-refractivity contribution in [3.05, 3.63) is 18.0 Å². The van der Waals surface area contributed by atoms with E-state index in [2.05, 4.69) is 24.1 Å². The van der Waals surface area contributed by atoms with Gasteiger partial charge < -0.3 is 14.5 Å². The Morgan fingerprint density at radius 3 is 2.73 bits per heavy atom. The van der Waals surface area contributed by atoms with Gasteiger partial charge in [0.15, 0.2) is 0 Å². The zero-order chi connectivity index (χ0) is 15.7. The first-order chi connectivity index (χ1) is 10.5. The molecule has 2 saturated heterocycles. The highest BCUT2D eigenvalue weighted by Crippen LogP contribution is 2.36. The number of carbonyl (C=O) groups excluding carboxylic acids is 1. The summed E-state index contributed by atoms with van der Waals surface area (Å²) >= 11 is 0. The Labute approximate surface area is 132 Å². The van der Waals surface area contributed by atoms with E-state index in [0.29, 0.717) is 11.7 Å². The Morgan fingerprint density at radius 2 is 2.14 bits per heavy atom. The average Bonchev–Trinajstić information content (AvgIpc) is 2.94. The van der Waals surface area contributed by atoms with Crippen molar-refractivity contribution in [2.75, 3.05) is 33.8 Å². The summed E-state index contributed by atoms with van der Waals surface area (Å²) in [5, 5.41) is 4.21. The largest absolute Gasteiger partial charge is 0.375 e. The van der Waals surface area contributed by atoms with E-state index in [9.17, 15) is 4.79 Å². The van der Waals surface area contributed by atoms with Crippen LogP contribution < -0.4 is 0 Å². The summed E-state index contributed by atoms with van der Waals surface area (Å²) in [7, 11) is 6.12. The van der Waals surface area contributed by atoms with E-state index in [1.165, 1.54) is 0 Å². The van der Waals surface area contributed by atoms with Gasteiger partial charge in [0.05, 0.1) is 5.60 Å². The molecule has 1 amide bonds. The third-order valence-electron chi connectivity index (χ3n) is 5.09. The summed E-state index contributed by atoms with van der Waals surface area (Å²) in [5.41, 5.74) is 0.503. The van der Waals surface area contributed by atoms with Crippen molar-refractivity contribution < 1.29 is 9.53 Å². The molecule has 0 aliphatic carbocycles. The fraction of sp³-hybridized carbons (Fsp3) is 0.750. The molecule has 3 rings (SSSR count). The fourth-order valence-corrected chi connectivity index (χ4v) is 3.60. The van der Waals surface area contributed by atoms with E-state index in [1.54, 1.807) is 10.7 Å². The van der Waals surface area contributed by atoms with Gasteiger partial charge in [-0.1, -0.05) is 0 Å². The molecule has 0 radical (unpaired) electrons. The van der Waals surface area contributed by atoms with Gasteiger partial charge in [-0.2, -0.15) is 5.10 Å². The van der Waals surface area contributed by atoms with Crippen LogP contribution in [0.3, 0.4) is 0 Å². The summed E-state index contributed by atoms with van der Waals surface area (Å²) < 4.78 is 7.81. The number of likely N-dealkylation sites (tertiary alicyclic amines) is 1. The maximum atomic E-state index is 12.5. The number of hydrogen-bond donors (Lipinski definition) is 0. The van der Waals surface area contributed by atoms with Crippen molar-refractivity contribution in [3.63, 3.8) is 0 Å². The summed E-state index contributed by atoms with van der Waals surface area (Å²) in [6.07, 6.45) is 5.84. The minimum atomic E-state index is -0.0336. The van der Waals surface area contributed by atoms with Gasteiger partial charge in [0, 0.05) is 39.0 Å². The molecule has 6 nitrogen and oxygen atoms in total. The van der Waals surface area contributed by atoms with Gasteiger partial charge in [-0.15, -0.1) is 0 Å². The highest BCUT2D eigenvalue weighted by atomic mass is 16.5. The van der Waals surface area contributed by atoms with Gasteiger partial charge >= 0.3 is 0 Å². The van der Waals surface area contributed by atoms with Gasteiger partial charge in [0.1, 0.15) is 5.69 Å². The Morgan fingerprint density at radius 1 is 1.41 bits per heavy atom. The molecular weight excluding hydrogens is 280 g/mol. The van der Waals surface area contributed by atoms with Gasteiger partial charge in [-0.05, 0) is 45.8 Å². The van der Waals surface area contributed by atoms with Crippen LogP contribution in [0.4, 0.5) is 0 Å². The molecule has 6 heteroatoms. The molecule has 0 saturated carbocycles. The lowest BCUT2D eigenvalue weighted by molar-refractivity contribution is -0.125. The number of ether oxygens (including phenoxy) is 1. The molecule has 2 fully saturated rings. The highest BCUT2D eigenvalue weighted by Gasteiger charge is 2.41. The normalized spacial score (nSPS) is 24.9. The first-order valence-corrected chi connectivity index (χ1v) is 8.08. The molecule has 1 aromatic rings. The van der Waals surface area contributed by atoms with Crippen molar-refractivity contribution >= 4 is 5.91 Å². The van der Waals surface area contributed by atoms with Gasteiger partial charge in [0.25, 0.3) is 5.91 Å². The standard InChI is InChI=1S/C16H26N4O2/c1-18(2)13-5-11-22-16(12-13)6-9-20(10-7-16)15(21)14-4-8-19(3)17-14/h4,8,13H,5-7,9-12H2,1-3H3. The number of rotatable bonds is 2. The molecule has 0 N–H and O–H groups in total. The van der Waals surface area contributed by atoms with Gasteiger partial charge in [0.2, 0.25) is 0 Å². The topological polar surface area (TPSA) is 50.6 Å². The van der Waals surface area contributed by atoms with E-state index in [1.807, 2.05) is 18.1 Å². The fourth-order valence-electron chi connectivity index (χ4n) is 3.60. The number of amides is 1. The molecule has 1 unspecified atom stereocenters. The molecule has 2 aliphatic rings. The molecule has 3 heterocycles. The summed E-state index contributed by atoms with van der Waals surface area (Å²) in [6.45, 7) is 2.35. The summed E-state index contributed by atoms with van der Waals surface area (Å²) in [5.74, 6) is 0.0374. The number of nitrogens with zero attached hydrogens (tertiary/aromatic N) is 4. The van der Waals surface area contributed by atoms with Crippen LogP contribution in [0, 0.1) is 0 Å². The lowest BCUT2D eigenvalue weighted by Crippen LogP contribution is -2.53. The Bertz CT molecular complexity index is 532. The first kappa shape index (κ1) is 15.5. The second-order valence-electron chi connectivity index (χ2n) is 6.81. The van der Waals surface area contributed by atoms with Crippen LogP contribution in [-0.4, -0.2) is 70.9 Å². The quantitative estimate of drug-likeness (QED) is 0.822. The van der Waals surface area contributed by atoms with Crippen LogP contribution in [0.5, 0.6) is 0 Å². The lowest BCUT2D eigenvalue weighted by Gasteiger charge is -2.47. The average molecular weight is 306 g/mol. The van der Waals surface area contributed by atoms with Crippen molar-refractivity contribution in [3.8, 4) is 0 Å². The molecule has 1 aromatic heterocycles. The van der Waals surface area contributed by atoms with Crippen molar-refractivity contribution in [2.24, 2.45) is 7.05 Å². The SMILES string of the molecule is CN(C)C1CCOC2(CCN(C(=O)c3ccn(C)n3)CC2)C1. The van der Waals surface area contributed by atoms with Crippen molar-refractivity contribution in [1.82, 2.24) is 19.6 Å². The molecular formula is C16H26N4O2. The van der Waals surface area contributed by atoms with E-state index in [0.717, 1.165) is 45.4 Å². The van der Waals surface area contributed by atoms with E-state index in [4.69, 9.17) is 4.74 Å². The van der Waals surface area contributed by atoms with Crippen molar-refractivity contribution in [1.29, 1.82) is 0 Å². The Balaban J connectivity index is 1.61. The summed E-state index contributed by atoms with van der Waals surface area (Å²) in [4.78, 5) is 16.7. The minimum Gasteiger partial charge on any atom is -0.375 e. The Kier molecular flexibility index (Phi) is 4.23. The van der Waals surface area contributed by atoms with Crippen LogP contribution in [0.25, 0.3) is 0 Å². The second kappa shape index (κ2) is 6.01. The van der Waals surface area contributed by atoms with Gasteiger partial charge in [-0.25, -0.2) is 0 Å². The molecule has 1 atom stereocenters. The molecule has 22 heavy (non-hydrogen) atoms. The third kappa shape index (κ3) is 3.03. The second-order valence-corrected chi connectivity index (χ2v) is 6.81. The molecule has 122 valence electrons. The molecule has 0 bridgehead atoms. The van der Waals surface area contributed by atoms with E-state index in [-0.39, 0.29) is 11.5 Å². The highest BCUT2D eigenvalue weighted by molar-refractivity contribution is 5.92. The number of hydrogen-bond acceptors (Lipinski definition) is 4. The first-order valence-electron chi connectivity index (χ1n) is 8.08. The monoisotopic (exact) mass is 306 g/mol. The maximum Gasteiger partial charge on any atom is 0.274 e. The zero-order valence-electron chi connectivity index (χ0n) is 13.8. The number of piperidine rings is 1. The molecule has 0 aromatic carbocycles. The van der Waals surface area contributed by atoms with Crippen LogP contribution in [0.15, 0.2) is 12.3 Å². The summed E-state index contributed by atoms with van der Waals surface area (Å²) in [6, 6.07) is 2.37. The third-order valence-corrected chi connectivity index (χ3v) is 5.09. The maximum absolute atomic E-state index is 12.5. The molecule has 1 spiro atoms. The number of aryl methyl sites for hydroxylation is 1. The predicted octanol–water partition coefficient (Wildman–Crippen LogP) is 1.14. The van der Waals surface area contributed by atoms with E-state index < -0.39 is 0 Å². The predicted molar refractivity (Wildman–Crippen MR) is 83.7 cm³/mol. The van der Waals surface area contributed by atoms with E-state index >= 15 is 0 Å². The lowest BCUT2D eigenvalue weighted by atomic mass is 9.82. The van der Waals surface area contributed by atoms with Crippen LogP contribution in [0.2, 0.25) is 0 Å². The Hall–Kier alpha value is -1.40. The number of carbonyl (C=O) groups is 1. The van der Waals surface area contributed by atoms with Crippen LogP contribution in [-0.2, 0) is 11.8 Å². The van der Waals surface area contributed by atoms with Crippen LogP contribution in [0.1, 0.15) is 36.2 Å². The van der Waals surface area contributed by atoms with Crippen molar-refractivity contribution in [2.45, 2.75) is 37.3 Å². The minimum absolute atomic E-state index is 0.0336. The molecule has 2 aliphatic heterocycles. The van der Waals surface area contributed by atoms with Gasteiger partial charge in [-0.3, -0.25) is 9.48 Å². The smallest absolute Gasteiger partial charge is 0.274 e. The zero-order valence-corrected chi connectivity index (χ0v) is 13.8. The number of aromatic nitrogens is 2.